The van der Waals surface area contributed by atoms with Gasteiger partial charge in [-0.1, -0.05) is 17.7 Å². The van der Waals surface area contributed by atoms with E-state index in [1.165, 1.54) is 5.56 Å². The van der Waals surface area contributed by atoms with Crippen molar-refractivity contribution in [2.24, 2.45) is 0 Å². The highest BCUT2D eigenvalue weighted by atomic mass is 16.5. The minimum Gasteiger partial charge on any atom is -0.439 e. The van der Waals surface area contributed by atoms with Crippen LogP contribution in [0.5, 0.6) is 11.6 Å². The Kier molecular flexibility index (Phi) is 4.30. The summed E-state index contributed by atoms with van der Waals surface area (Å²) >= 11 is 0. The number of aromatic nitrogens is 2. The van der Waals surface area contributed by atoms with Crippen LogP contribution in [0.4, 0.5) is 5.82 Å². The molecule has 1 aromatic heterocycles. The van der Waals surface area contributed by atoms with Gasteiger partial charge in [0.25, 0.3) is 0 Å². The highest BCUT2D eigenvalue weighted by Crippen LogP contribution is 2.22. The van der Waals surface area contributed by atoms with E-state index in [0.29, 0.717) is 24.1 Å². The molecule has 5 heteroatoms. The van der Waals surface area contributed by atoms with Crippen molar-refractivity contribution >= 4 is 5.82 Å². The summed E-state index contributed by atoms with van der Waals surface area (Å²) in [6.45, 7) is 2.38. The molecule has 0 radical (unpaired) electrons. The van der Waals surface area contributed by atoms with Crippen LogP contribution in [0.2, 0.25) is 0 Å². The molecule has 1 aromatic carbocycles. The van der Waals surface area contributed by atoms with E-state index in [4.69, 9.17) is 9.47 Å². The molecular weight excluding hydrogens is 242 g/mol. The molecule has 100 valence electrons. The van der Waals surface area contributed by atoms with E-state index in [-0.39, 0.29) is 0 Å². The van der Waals surface area contributed by atoms with Crippen LogP contribution in [0.1, 0.15) is 11.4 Å². The summed E-state index contributed by atoms with van der Waals surface area (Å²) in [5.74, 6) is 2.52. The molecule has 0 fully saturated rings. The highest BCUT2D eigenvalue weighted by Gasteiger charge is 2.05. The lowest BCUT2D eigenvalue weighted by Gasteiger charge is -2.08. The fraction of sp³-hybridized carbons (Fsp3) is 0.286. The van der Waals surface area contributed by atoms with Crippen LogP contribution in [0.25, 0.3) is 0 Å². The third kappa shape index (κ3) is 3.66. The third-order valence-corrected chi connectivity index (χ3v) is 2.52. The van der Waals surface area contributed by atoms with Crippen molar-refractivity contribution in [2.45, 2.75) is 13.5 Å². The van der Waals surface area contributed by atoms with Gasteiger partial charge in [-0.15, -0.1) is 0 Å². The number of ether oxygens (including phenoxy) is 2. The van der Waals surface area contributed by atoms with Crippen LogP contribution < -0.4 is 10.1 Å². The second-order valence-electron chi connectivity index (χ2n) is 4.11. The summed E-state index contributed by atoms with van der Waals surface area (Å²) < 4.78 is 10.8. The average molecular weight is 259 g/mol. The molecule has 0 saturated heterocycles. The molecule has 0 bridgehead atoms. The zero-order valence-corrected chi connectivity index (χ0v) is 11.3. The highest BCUT2D eigenvalue weighted by molar-refractivity contribution is 5.39. The van der Waals surface area contributed by atoms with Crippen LogP contribution >= 0.6 is 0 Å². The third-order valence-electron chi connectivity index (χ3n) is 2.52. The lowest BCUT2D eigenvalue weighted by atomic mass is 10.2. The maximum absolute atomic E-state index is 5.72. The van der Waals surface area contributed by atoms with Gasteiger partial charge in [0.1, 0.15) is 18.2 Å². The van der Waals surface area contributed by atoms with Crippen molar-refractivity contribution in [1.29, 1.82) is 0 Å². The lowest BCUT2D eigenvalue weighted by Crippen LogP contribution is -2.02. The molecule has 0 aliphatic carbocycles. The van der Waals surface area contributed by atoms with Crippen LogP contribution in [0, 0.1) is 6.92 Å². The quantitative estimate of drug-likeness (QED) is 0.894. The number of benzene rings is 1. The van der Waals surface area contributed by atoms with Gasteiger partial charge in [0.15, 0.2) is 5.82 Å². The molecule has 0 aliphatic heterocycles. The number of hydrogen-bond acceptors (Lipinski definition) is 5. The maximum atomic E-state index is 5.72. The molecular formula is C14H17N3O2. The van der Waals surface area contributed by atoms with Gasteiger partial charge in [0, 0.05) is 20.2 Å². The number of nitrogens with zero attached hydrogens (tertiary/aromatic N) is 2. The Morgan fingerprint density at radius 3 is 2.53 bits per heavy atom. The Balaban J connectivity index is 2.23. The summed E-state index contributed by atoms with van der Waals surface area (Å²) in [5, 5.41) is 2.97. The first kappa shape index (κ1) is 13.3. The minimum atomic E-state index is 0.347. The first-order valence-electron chi connectivity index (χ1n) is 6.00. The lowest BCUT2D eigenvalue weighted by molar-refractivity contribution is 0.177. The number of nitrogens with one attached hydrogen (secondary N) is 1. The second-order valence-corrected chi connectivity index (χ2v) is 4.11. The monoisotopic (exact) mass is 259 g/mol. The van der Waals surface area contributed by atoms with Crippen molar-refractivity contribution in [1.82, 2.24) is 9.97 Å². The molecule has 1 heterocycles. The van der Waals surface area contributed by atoms with Crippen molar-refractivity contribution < 1.29 is 9.47 Å². The van der Waals surface area contributed by atoms with Crippen LogP contribution in [-0.2, 0) is 11.3 Å². The standard InChI is InChI=1S/C14H17N3O2/c1-10-4-6-11(7-5-10)19-14-8-12(15-2)16-13(17-14)9-18-3/h4-8H,9H2,1-3H3,(H,15,16,17). The van der Waals surface area contributed by atoms with Gasteiger partial charge in [0.2, 0.25) is 5.88 Å². The van der Waals surface area contributed by atoms with Gasteiger partial charge in [-0.05, 0) is 19.1 Å². The molecule has 0 saturated carbocycles. The van der Waals surface area contributed by atoms with Gasteiger partial charge < -0.3 is 14.8 Å². The molecule has 0 amide bonds. The number of methoxy groups -OCH3 is 1. The van der Waals surface area contributed by atoms with Gasteiger partial charge in [-0.3, -0.25) is 0 Å². The normalized spacial score (nSPS) is 10.3. The van der Waals surface area contributed by atoms with Gasteiger partial charge >= 0.3 is 0 Å². The molecule has 2 aromatic rings. The molecule has 0 atom stereocenters. The molecule has 1 N–H and O–H groups in total. The number of hydrogen-bond donors (Lipinski definition) is 1. The molecule has 2 rings (SSSR count). The van der Waals surface area contributed by atoms with E-state index in [0.717, 1.165) is 5.75 Å². The Morgan fingerprint density at radius 1 is 1.16 bits per heavy atom. The van der Waals surface area contributed by atoms with Crippen molar-refractivity contribution in [3.63, 3.8) is 0 Å². The van der Waals surface area contributed by atoms with E-state index in [1.807, 2.05) is 31.2 Å². The summed E-state index contributed by atoms with van der Waals surface area (Å²) in [6.07, 6.45) is 0. The van der Waals surface area contributed by atoms with E-state index in [9.17, 15) is 0 Å². The summed E-state index contributed by atoms with van der Waals surface area (Å²) in [6, 6.07) is 9.55. The SMILES string of the molecule is CNc1cc(Oc2ccc(C)cc2)nc(COC)n1. The van der Waals surface area contributed by atoms with E-state index < -0.39 is 0 Å². The zero-order valence-electron chi connectivity index (χ0n) is 11.3. The molecule has 0 spiro atoms. The molecule has 5 nitrogen and oxygen atoms in total. The van der Waals surface area contributed by atoms with Gasteiger partial charge in [0.05, 0.1) is 0 Å². The zero-order chi connectivity index (χ0) is 13.7. The van der Waals surface area contributed by atoms with Crippen molar-refractivity contribution in [2.75, 3.05) is 19.5 Å². The topological polar surface area (TPSA) is 56.3 Å². The molecule has 0 unspecified atom stereocenters. The maximum Gasteiger partial charge on any atom is 0.224 e. The Hall–Kier alpha value is -2.14. The first-order valence-corrected chi connectivity index (χ1v) is 6.00. The Labute approximate surface area is 112 Å². The van der Waals surface area contributed by atoms with Crippen LogP contribution in [0.15, 0.2) is 30.3 Å². The molecule has 19 heavy (non-hydrogen) atoms. The minimum absolute atomic E-state index is 0.347. The number of anilines is 1. The fourth-order valence-corrected chi connectivity index (χ4v) is 1.57. The van der Waals surface area contributed by atoms with Crippen molar-refractivity contribution in [3.8, 4) is 11.6 Å². The van der Waals surface area contributed by atoms with E-state index in [1.54, 1.807) is 20.2 Å². The second kappa shape index (κ2) is 6.15. The Morgan fingerprint density at radius 2 is 1.89 bits per heavy atom. The largest absolute Gasteiger partial charge is 0.439 e. The van der Waals surface area contributed by atoms with E-state index >= 15 is 0 Å². The predicted molar refractivity (Wildman–Crippen MR) is 73.5 cm³/mol. The number of rotatable bonds is 5. The van der Waals surface area contributed by atoms with Crippen LogP contribution in [0.3, 0.4) is 0 Å². The summed E-state index contributed by atoms with van der Waals surface area (Å²) in [7, 11) is 3.41. The number of aryl methyl sites for hydroxylation is 1. The average Bonchev–Trinajstić information content (AvgIpc) is 2.41. The van der Waals surface area contributed by atoms with Crippen molar-refractivity contribution in [3.05, 3.63) is 41.7 Å². The molecule has 0 aliphatic rings. The summed E-state index contributed by atoms with van der Waals surface area (Å²) in [5.41, 5.74) is 1.19. The van der Waals surface area contributed by atoms with Gasteiger partial charge in [-0.2, -0.15) is 4.98 Å². The fourth-order valence-electron chi connectivity index (χ4n) is 1.57. The van der Waals surface area contributed by atoms with E-state index in [2.05, 4.69) is 15.3 Å². The summed E-state index contributed by atoms with van der Waals surface area (Å²) in [4.78, 5) is 8.56. The van der Waals surface area contributed by atoms with Gasteiger partial charge in [-0.25, -0.2) is 4.98 Å². The first-order chi connectivity index (χ1) is 9.21. The Bertz CT molecular complexity index is 541. The predicted octanol–water partition coefficient (Wildman–Crippen LogP) is 2.77. The smallest absolute Gasteiger partial charge is 0.224 e. The van der Waals surface area contributed by atoms with Crippen LogP contribution in [-0.4, -0.2) is 24.1 Å².